The third kappa shape index (κ3) is 4.11. The first-order valence-electron chi connectivity index (χ1n) is 5.72. The molecular formula is C12H10F3N3O4. The zero-order chi connectivity index (χ0) is 17.1. The van der Waals surface area contributed by atoms with Crippen LogP contribution in [0.2, 0.25) is 0 Å². The van der Waals surface area contributed by atoms with Gasteiger partial charge in [-0.15, -0.1) is 10.2 Å². The van der Waals surface area contributed by atoms with Crippen molar-refractivity contribution < 1.29 is 28.0 Å². The first-order chi connectivity index (χ1) is 10.0. The average molecular weight is 317 g/mol. The Hall–Kier alpha value is -2.78. The summed E-state index contributed by atoms with van der Waals surface area (Å²) in [4.78, 5) is 20.7. The van der Waals surface area contributed by atoms with Crippen molar-refractivity contribution in [3.05, 3.63) is 45.3 Å². The molecule has 10 heteroatoms. The lowest BCUT2D eigenvalue weighted by Gasteiger charge is -2.08. The number of carbonyl (C=O) groups is 1. The van der Waals surface area contributed by atoms with Crippen LogP contribution in [0.1, 0.15) is 19.4 Å². The molecule has 0 saturated carbocycles. The Balaban J connectivity index is 3.40. The number of rotatable bonds is 4. The van der Waals surface area contributed by atoms with Crippen LogP contribution in [0.15, 0.2) is 39.9 Å². The smallest absolute Gasteiger partial charge is 0.418 e. The molecule has 0 fully saturated rings. The van der Waals surface area contributed by atoms with Gasteiger partial charge in [-0.05, 0) is 13.0 Å². The van der Waals surface area contributed by atoms with Gasteiger partial charge >= 0.3 is 6.18 Å². The highest BCUT2D eigenvalue weighted by molar-refractivity contribution is 5.93. The van der Waals surface area contributed by atoms with Crippen molar-refractivity contribution in [1.29, 1.82) is 0 Å². The third-order valence-corrected chi connectivity index (χ3v) is 2.43. The van der Waals surface area contributed by atoms with Gasteiger partial charge in [0, 0.05) is 19.1 Å². The largest absolute Gasteiger partial charge is 0.510 e. The summed E-state index contributed by atoms with van der Waals surface area (Å²) in [5.74, 6) is -1.20. The number of hydrogen-bond donors (Lipinski definition) is 1. The molecule has 1 rings (SSSR count). The van der Waals surface area contributed by atoms with Crippen molar-refractivity contribution in [2.75, 3.05) is 0 Å². The van der Waals surface area contributed by atoms with E-state index in [0.29, 0.717) is 6.07 Å². The van der Waals surface area contributed by atoms with Gasteiger partial charge in [0.05, 0.1) is 16.2 Å². The molecule has 0 aliphatic heterocycles. The number of nitro benzene ring substituents is 1. The fourth-order valence-electron chi connectivity index (χ4n) is 1.45. The lowest BCUT2D eigenvalue weighted by atomic mass is 10.1. The number of benzene rings is 1. The van der Waals surface area contributed by atoms with E-state index in [9.17, 15) is 33.2 Å². The zero-order valence-electron chi connectivity index (χ0n) is 11.4. The van der Waals surface area contributed by atoms with Gasteiger partial charge in [0.15, 0.2) is 11.5 Å². The molecule has 0 aliphatic carbocycles. The third-order valence-electron chi connectivity index (χ3n) is 2.43. The zero-order valence-corrected chi connectivity index (χ0v) is 11.4. The van der Waals surface area contributed by atoms with E-state index in [4.69, 9.17) is 0 Å². The van der Waals surface area contributed by atoms with Gasteiger partial charge in [0.25, 0.3) is 5.69 Å². The van der Waals surface area contributed by atoms with Gasteiger partial charge in [-0.2, -0.15) is 13.2 Å². The fraction of sp³-hybridized carbons (Fsp3) is 0.250. The number of aliphatic hydroxyl groups is 1. The predicted molar refractivity (Wildman–Crippen MR) is 68.6 cm³/mol. The van der Waals surface area contributed by atoms with E-state index >= 15 is 0 Å². The number of nitrogens with zero attached hydrogens (tertiary/aromatic N) is 3. The van der Waals surface area contributed by atoms with Crippen LogP contribution in [0.4, 0.5) is 24.5 Å². The lowest BCUT2D eigenvalue weighted by molar-refractivity contribution is -0.385. The standard InChI is InChI=1S/C12H10F3N3O4/c1-6(19)11(7(2)20)17-16-10-4-3-8(18(21)22)5-9(10)12(13,14)15/h3-5,19H,1-2H3. The summed E-state index contributed by atoms with van der Waals surface area (Å²) < 4.78 is 38.6. The highest BCUT2D eigenvalue weighted by Gasteiger charge is 2.35. The van der Waals surface area contributed by atoms with Crippen LogP contribution in [0.25, 0.3) is 0 Å². The topological polar surface area (TPSA) is 105 Å². The maximum absolute atomic E-state index is 12.9. The highest BCUT2D eigenvalue weighted by atomic mass is 19.4. The molecule has 0 amide bonds. The Morgan fingerprint density at radius 3 is 2.32 bits per heavy atom. The van der Waals surface area contributed by atoms with Crippen LogP contribution in [0, 0.1) is 10.1 Å². The van der Waals surface area contributed by atoms with Gasteiger partial charge in [0.2, 0.25) is 0 Å². The van der Waals surface area contributed by atoms with Crippen molar-refractivity contribution in [2.24, 2.45) is 10.2 Å². The summed E-state index contributed by atoms with van der Waals surface area (Å²) >= 11 is 0. The highest BCUT2D eigenvalue weighted by Crippen LogP contribution is 2.38. The van der Waals surface area contributed by atoms with Crippen molar-refractivity contribution >= 4 is 17.2 Å². The second-order valence-corrected chi connectivity index (χ2v) is 4.15. The summed E-state index contributed by atoms with van der Waals surface area (Å²) in [5.41, 5.74) is -3.35. The number of alkyl halides is 3. The number of halogens is 3. The van der Waals surface area contributed by atoms with E-state index in [1.165, 1.54) is 0 Å². The molecule has 0 unspecified atom stereocenters. The molecule has 1 N–H and O–H groups in total. The molecule has 118 valence electrons. The second-order valence-electron chi connectivity index (χ2n) is 4.15. The number of hydrogen-bond acceptors (Lipinski definition) is 6. The van der Waals surface area contributed by atoms with Gasteiger partial charge in [-0.1, -0.05) is 0 Å². The molecule has 0 spiro atoms. The SMILES string of the molecule is CC(=O)C(N=Nc1ccc([N+](=O)[O-])cc1C(F)(F)F)=C(C)O. The number of nitro groups is 1. The second kappa shape index (κ2) is 6.33. The molecule has 0 aromatic heterocycles. The molecule has 0 atom stereocenters. The molecule has 0 saturated heterocycles. The molecule has 0 radical (unpaired) electrons. The summed E-state index contributed by atoms with van der Waals surface area (Å²) in [6.07, 6.45) is -4.89. The maximum atomic E-state index is 12.9. The van der Waals surface area contributed by atoms with Crippen molar-refractivity contribution in [3.63, 3.8) is 0 Å². The summed E-state index contributed by atoms with van der Waals surface area (Å²) in [6.45, 7) is 2.17. The molecule has 1 aromatic rings. The summed E-state index contributed by atoms with van der Waals surface area (Å²) in [7, 11) is 0. The quantitative estimate of drug-likeness (QED) is 0.297. The van der Waals surface area contributed by atoms with E-state index in [1.807, 2.05) is 0 Å². The maximum Gasteiger partial charge on any atom is 0.418 e. The van der Waals surface area contributed by atoms with Gasteiger partial charge < -0.3 is 5.11 Å². The minimum absolute atomic E-state index is 0.317. The van der Waals surface area contributed by atoms with E-state index < -0.39 is 45.3 Å². The molecule has 0 bridgehead atoms. The lowest BCUT2D eigenvalue weighted by Crippen LogP contribution is -2.06. The Bertz CT molecular complexity index is 677. The van der Waals surface area contributed by atoms with Crippen LogP contribution < -0.4 is 0 Å². The van der Waals surface area contributed by atoms with Crippen molar-refractivity contribution in [2.45, 2.75) is 20.0 Å². The Labute approximate surface area is 121 Å². The fourth-order valence-corrected chi connectivity index (χ4v) is 1.45. The number of azo groups is 1. The molecule has 0 heterocycles. The number of Topliss-reactive ketones (excluding diaryl/α,β-unsaturated/α-hetero) is 1. The molecular weight excluding hydrogens is 307 g/mol. The first kappa shape index (κ1) is 17.3. The minimum Gasteiger partial charge on any atom is -0.510 e. The Morgan fingerprint density at radius 1 is 1.32 bits per heavy atom. The molecule has 7 nitrogen and oxygen atoms in total. The van der Waals surface area contributed by atoms with Gasteiger partial charge in [-0.3, -0.25) is 14.9 Å². The van der Waals surface area contributed by atoms with Crippen LogP contribution in [0.3, 0.4) is 0 Å². The normalized spacial score (nSPS) is 13.1. The number of carbonyl (C=O) groups excluding carboxylic acids is 1. The summed E-state index contributed by atoms with van der Waals surface area (Å²) in [5, 5.41) is 26.3. The summed E-state index contributed by atoms with van der Waals surface area (Å²) in [6, 6.07) is 1.90. The first-order valence-corrected chi connectivity index (χ1v) is 5.72. The predicted octanol–water partition coefficient (Wildman–Crippen LogP) is 4.08. The number of ketones is 1. The van der Waals surface area contributed by atoms with E-state index in [-0.39, 0.29) is 0 Å². The number of aliphatic hydroxyl groups excluding tert-OH is 1. The Kier molecular flexibility index (Phi) is 4.97. The minimum atomic E-state index is -4.89. The molecule has 0 aliphatic rings. The number of non-ortho nitro benzene ring substituents is 1. The van der Waals surface area contributed by atoms with E-state index in [2.05, 4.69) is 10.2 Å². The number of allylic oxidation sites excluding steroid dienone is 2. The van der Waals surface area contributed by atoms with Crippen LogP contribution >= 0.6 is 0 Å². The van der Waals surface area contributed by atoms with Crippen molar-refractivity contribution in [3.8, 4) is 0 Å². The van der Waals surface area contributed by atoms with Crippen LogP contribution in [-0.4, -0.2) is 15.8 Å². The Morgan fingerprint density at radius 2 is 1.91 bits per heavy atom. The average Bonchev–Trinajstić information content (AvgIpc) is 2.36. The van der Waals surface area contributed by atoms with Gasteiger partial charge in [-0.25, -0.2) is 0 Å². The molecule has 1 aromatic carbocycles. The molecule has 22 heavy (non-hydrogen) atoms. The van der Waals surface area contributed by atoms with E-state index in [1.54, 1.807) is 0 Å². The van der Waals surface area contributed by atoms with E-state index in [0.717, 1.165) is 26.0 Å². The van der Waals surface area contributed by atoms with Crippen LogP contribution in [0.5, 0.6) is 0 Å². The van der Waals surface area contributed by atoms with Crippen LogP contribution in [-0.2, 0) is 11.0 Å². The van der Waals surface area contributed by atoms with Crippen molar-refractivity contribution in [1.82, 2.24) is 0 Å². The monoisotopic (exact) mass is 317 g/mol. The van der Waals surface area contributed by atoms with Gasteiger partial charge in [0.1, 0.15) is 5.76 Å².